The molecule has 1 amide bonds. The van der Waals surface area contributed by atoms with E-state index in [2.05, 4.69) is 10.0 Å². The fourth-order valence-electron chi connectivity index (χ4n) is 3.67. The van der Waals surface area contributed by atoms with Gasteiger partial charge in [-0.3, -0.25) is 4.79 Å². The number of para-hydroxylation sites is 2. The minimum atomic E-state index is -3.61. The smallest absolute Gasteiger partial charge is 0.247 e. The number of hydrogen-bond donors (Lipinski definition) is 2. The predicted molar refractivity (Wildman–Crippen MR) is 101 cm³/mol. The molecule has 2 atom stereocenters. The molecule has 6 nitrogen and oxygen atoms in total. The molecule has 0 saturated carbocycles. The molecule has 2 aromatic carbocycles. The van der Waals surface area contributed by atoms with Gasteiger partial charge in [0.05, 0.1) is 16.3 Å². The molecule has 7 heteroatoms. The van der Waals surface area contributed by atoms with Crippen LogP contribution < -0.4 is 14.9 Å². The predicted octanol–water partition coefficient (Wildman–Crippen LogP) is 2.13. The molecule has 2 unspecified atom stereocenters. The van der Waals surface area contributed by atoms with E-state index in [0.29, 0.717) is 13.0 Å². The van der Waals surface area contributed by atoms with Crippen molar-refractivity contribution in [3.05, 3.63) is 54.1 Å². The molecule has 0 aliphatic carbocycles. The SMILES string of the molecule is CCc1ccc(S(=O)(=O)NC2CC3C(=O)Nc4ccccc4N3C2)cc1. The molecule has 0 bridgehead atoms. The van der Waals surface area contributed by atoms with Gasteiger partial charge in [0.1, 0.15) is 6.04 Å². The van der Waals surface area contributed by atoms with Crippen LogP contribution in [0.4, 0.5) is 11.4 Å². The van der Waals surface area contributed by atoms with Crippen LogP contribution in [0.15, 0.2) is 53.4 Å². The van der Waals surface area contributed by atoms with Crippen LogP contribution in [0.3, 0.4) is 0 Å². The highest BCUT2D eigenvalue weighted by Crippen LogP contribution is 2.36. The molecule has 2 aliphatic rings. The van der Waals surface area contributed by atoms with Gasteiger partial charge in [0.25, 0.3) is 0 Å². The van der Waals surface area contributed by atoms with Crippen LogP contribution in [-0.2, 0) is 21.2 Å². The van der Waals surface area contributed by atoms with E-state index in [-0.39, 0.29) is 22.9 Å². The summed E-state index contributed by atoms with van der Waals surface area (Å²) in [6, 6.07) is 13.9. The summed E-state index contributed by atoms with van der Waals surface area (Å²) in [5.74, 6) is -0.0855. The minimum absolute atomic E-state index is 0.0855. The first-order valence-electron chi connectivity index (χ1n) is 8.76. The van der Waals surface area contributed by atoms with E-state index in [4.69, 9.17) is 0 Å². The Morgan fingerprint density at radius 1 is 1.15 bits per heavy atom. The van der Waals surface area contributed by atoms with E-state index in [1.165, 1.54) is 0 Å². The number of benzene rings is 2. The number of hydrogen-bond acceptors (Lipinski definition) is 4. The fourth-order valence-corrected chi connectivity index (χ4v) is 4.91. The van der Waals surface area contributed by atoms with Crippen LogP contribution in [0.25, 0.3) is 0 Å². The molecule has 2 N–H and O–H groups in total. The van der Waals surface area contributed by atoms with Crippen molar-refractivity contribution < 1.29 is 13.2 Å². The van der Waals surface area contributed by atoms with Crippen molar-refractivity contribution in [1.82, 2.24) is 4.72 Å². The number of carbonyl (C=O) groups is 1. The maximum absolute atomic E-state index is 12.7. The van der Waals surface area contributed by atoms with Gasteiger partial charge in [0.2, 0.25) is 15.9 Å². The van der Waals surface area contributed by atoms with E-state index in [9.17, 15) is 13.2 Å². The molecule has 136 valence electrons. The number of nitrogens with one attached hydrogen (secondary N) is 2. The van der Waals surface area contributed by atoms with Gasteiger partial charge in [-0.25, -0.2) is 13.1 Å². The third kappa shape index (κ3) is 2.97. The Hall–Kier alpha value is -2.38. The number of anilines is 2. The van der Waals surface area contributed by atoms with Crippen LogP contribution in [0.5, 0.6) is 0 Å². The van der Waals surface area contributed by atoms with Crippen molar-refractivity contribution in [3.8, 4) is 0 Å². The Morgan fingerprint density at radius 3 is 2.62 bits per heavy atom. The summed E-state index contributed by atoms with van der Waals surface area (Å²) in [7, 11) is -3.61. The maximum atomic E-state index is 12.7. The van der Waals surface area contributed by atoms with E-state index in [0.717, 1.165) is 23.4 Å². The molecule has 1 saturated heterocycles. The summed E-state index contributed by atoms with van der Waals surface area (Å²) in [6.45, 7) is 2.50. The average molecular weight is 371 g/mol. The van der Waals surface area contributed by atoms with Crippen LogP contribution in [0.2, 0.25) is 0 Å². The molecular formula is C19H21N3O3S. The summed E-state index contributed by atoms with van der Waals surface area (Å²) in [4.78, 5) is 14.6. The fraction of sp³-hybridized carbons (Fsp3) is 0.316. The number of carbonyl (C=O) groups excluding carboxylic acids is 1. The highest BCUT2D eigenvalue weighted by molar-refractivity contribution is 7.89. The molecule has 0 radical (unpaired) electrons. The summed E-state index contributed by atoms with van der Waals surface area (Å²) >= 11 is 0. The Labute approximate surface area is 153 Å². The quantitative estimate of drug-likeness (QED) is 0.863. The molecule has 0 spiro atoms. The molecule has 2 aromatic rings. The van der Waals surface area contributed by atoms with Gasteiger partial charge in [-0.2, -0.15) is 0 Å². The summed E-state index contributed by atoms with van der Waals surface area (Å²) in [6.07, 6.45) is 1.31. The molecular weight excluding hydrogens is 350 g/mol. The van der Waals surface area contributed by atoms with E-state index < -0.39 is 10.0 Å². The lowest BCUT2D eigenvalue weighted by Gasteiger charge is -2.32. The average Bonchev–Trinajstić information content (AvgIpc) is 3.06. The van der Waals surface area contributed by atoms with Crippen molar-refractivity contribution in [2.75, 3.05) is 16.8 Å². The lowest BCUT2D eigenvalue weighted by atomic mass is 10.1. The number of fused-ring (bicyclic) bond motifs is 3. The van der Waals surface area contributed by atoms with Gasteiger partial charge < -0.3 is 10.2 Å². The molecule has 26 heavy (non-hydrogen) atoms. The van der Waals surface area contributed by atoms with E-state index in [1.807, 2.05) is 48.2 Å². The van der Waals surface area contributed by atoms with Gasteiger partial charge in [-0.15, -0.1) is 0 Å². The molecule has 2 heterocycles. The van der Waals surface area contributed by atoms with Crippen molar-refractivity contribution >= 4 is 27.3 Å². The Kier molecular flexibility index (Phi) is 4.20. The van der Waals surface area contributed by atoms with Crippen molar-refractivity contribution in [2.24, 2.45) is 0 Å². The monoisotopic (exact) mass is 371 g/mol. The number of sulfonamides is 1. The third-order valence-electron chi connectivity index (χ3n) is 5.04. The largest absolute Gasteiger partial charge is 0.356 e. The highest BCUT2D eigenvalue weighted by atomic mass is 32.2. The third-order valence-corrected chi connectivity index (χ3v) is 6.58. The number of amides is 1. The second kappa shape index (κ2) is 6.41. The van der Waals surface area contributed by atoms with Crippen LogP contribution in [0.1, 0.15) is 18.9 Å². The highest BCUT2D eigenvalue weighted by Gasteiger charge is 2.42. The zero-order chi connectivity index (χ0) is 18.3. The lowest BCUT2D eigenvalue weighted by Crippen LogP contribution is -2.44. The second-order valence-electron chi connectivity index (χ2n) is 6.73. The van der Waals surface area contributed by atoms with E-state index >= 15 is 0 Å². The van der Waals surface area contributed by atoms with Gasteiger partial charge in [0.15, 0.2) is 0 Å². The van der Waals surface area contributed by atoms with Gasteiger partial charge >= 0.3 is 0 Å². The Balaban J connectivity index is 1.54. The van der Waals surface area contributed by atoms with Gasteiger partial charge in [0, 0.05) is 12.6 Å². The molecule has 2 aliphatic heterocycles. The van der Waals surface area contributed by atoms with Gasteiger partial charge in [-0.1, -0.05) is 31.2 Å². The number of aryl methyl sites for hydroxylation is 1. The minimum Gasteiger partial charge on any atom is -0.356 e. The maximum Gasteiger partial charge on any atom is 0.247 e. The first-order valence-corrected chi connectivity index (χ1v) is 10.2. The summed E-state index contributed by atoms with van der Waals surface area (Å²) in [5.41, 5.74) is 2.80. The number of nitrogens with zero attached hydrogens (tertiary/aromatic N) is 1. The molecule has 1 fully saturated rings. The van der Waals surface area contributed by atoms with Crippen molar-refractivity contribution in [1.29, 1.82) is 0 Å². The summed E-state index contributed by atoms with van der Waals surface area (Å²) < 4.78 is 28.1. The Bertz CT molecular complexity index is 941. The molecule has 4 rings (SSSR count). The normalized spacial score (nSPS) is 21.9. The standard InChI is InChI=1S/C19H21N3O3S/c1-2-13-7-9-15(10-8-13)26(24,25)21-14-11-18-19(23)20-16-5-3-4-6-17(16)22(18)12-14/h3-10,14,18,21H,2,11-12H2,1H3,(H,20,23). The number of rotatable bonds is 4. The second-order valence-corrected chi connectivity index (χ2v) is 8.44. The molecule has 0 aromatic heterocycles. The van der Waals surface area contributed by atoms with Crippen LogP contribution >= 0.6 is 0 Å². The van der Waals surface area contributed by atoms with E-state index in [1.54, 1.807) is 12.1 Å². The topological polar surface area (TPSA) is 78.5 Å². The first kappa shape index (κ1) is 17.1. The Morgan fingerprint density at radius 2 is 1.88 bits per heavy atom. The van der Waals surface area contributed by atoms with Crippen LogP contribution in [0, 0.1) is 0 Å². The van der Waals surface area contributed by atoms with Crippen molar-refractivity contribution in [3.63, 3.8) is 0 Å². The zero-order valence-electron chi connectivity index (χ0n) is 14.5. The van der Waals surface area contributed by atoms with Gasteiger partial charge in [-0.05, 0) is 42.7 Å². The summed E-state index contributed by atoms with van der Waals surface area (Å²) in [5, 5.41) is 2.90. The van der Waals surface area contributed by atoms with Crippen LogP contribution in [-0.4, -0.2) is 33.0 Å². The van der Waals surface area contributed by atoms with Crippen molar-refractivity contribution in [2.45, 2.75) is 36.7 Å². The lowest BCUT2D eigenvalue weighted by molar-refractivity contribution is -0.117. The zero-order valence-corrected chi connectivity index (χ0v) is 15.3. The first-order chi connectivity index (χ1) is 12.5.